The van der Waals surface area contributed by atoms with Gasteiger partial charge in [0.15, 0.2) is 0 Å². The first-order valence-corrected chi connectivity index (χ1v) is 11.4. The monoisotopic (exact) mass is 382 g/mol. The van der Waals surface area contributed by atoms with E-state index in [2.05, 4.69) is 19.1 Å². The molecular formula is C24H46O3. The molecule has 0 radical (unpaired) electrons. The summed E-state index contributed by atoms with van der Waals surface area (Å²) in [5.41, 5.74) is -0.472. The Balaban J connectivity index is 3.37. The number of aliphatic hydroxyl groups is 1. The summed E-state index contributed by atoms with van der Waals surface area (Å²) in [6, 6.07) is 0. The highest BCUT2D eigenvalue weighted by molar-refractivity contribution is 5.70. The summed E-state index contributed by atoms with van der Waals surface area (Å²) in [5, 5.41) is 9.91. The fourth-order valence-electron chi connectivity index (χ4n) is 3.13. The number of aliphatic hydroxyl groups excluding tert-OH is 1. The quantitative estimate of drug-likeness (QED) is 0.165. The number of hydrogen-bond donors (Lipinski definition) is 1. The van der Waals surface area contributed by atoms with Crippen molar-refractivity contribution < 1.29 is 14.6 Å². The van der Waals surface area contributed by atoms with Gasteiger partial charge in [-0.15, -0.1) is 0 Å². The summed E-state index contributed by atoms with van der Waals surface area (Å²) in [6.07, 6.45) is 21.4. The van der Waals surface area contributed by atoms with Crippen molar-refractivity contribution in [2.24, 2.45) is 0 Å². The van der Waals surface area contributed by atoms with Crippen LogP contribution in [0, 0.1) is 0 Å². The Morgan fingerprint density at radius 3 is 1.85 bits per heavy atom. The third-order valence-corrected chi connectivity index (χ3v) is 4.62. The number of rotatable bonds is 17. The summed E-state index contributed by atoms with van der Waals surface area (Å²) in [6.45, 7) is 7.81. The zero-order valence-electron chi connectivity index (χ0n) is 18.6. The van der Waals surface area contributed by atoms with Crippen LogP contribution in [0.1, 0.15) is 124 Å². The van der Waals surface area contributed by atoms with Crippen molar-refractivity contribution in [1.29, 1.82) is 0 Å². The molecule has 0 saturated carbocycles. The topological polar surface area (TPSA) is 46.5 Å². The maximum Gasteiger partial charge on any atom is 0.308 e. The van der Waals surface area contributed by atoms with Crippen LogP contribution in [-0.2, 0) is 9.53 Å². The maximum absolute atomic E-state index is 11.6. The minimum absolute atomic E-state index is 0.112. The van der Waals surface area contributed by atoms with E-state index in [1.807, 2.05) is 20.8 Å². The molecule has 0 bridgehead atoms. The van der Waals surface area contributed by atoms with Crippen LogP contribution in [0.2, 0.25) is 0 Å². The zero-order valence-corrected chi connectivity index (χ0v) is 18.6. The van der Waals surface area contributed by atoms with Crippen LogP contribution in [0.3, 0.4) is 0 Å². The fraction of sp³-hybridized carbons (Fsp3) is 0.875. The fourth-order valence-corrected chi connectivity index (χ4v) is 3.13. The van der Waals surface area contributed by atoms with Gasteiger partial charge in [-0.05, 0) is 52.9 Å². The number of carbonyl (C=O) groups is 1. The summed E-state index contributed by atoms with van der Waals surface area (Å²) in [7, 11) is 0. The molecule has 0 aliphatic carbocycles. The lowest BCUT2D eigenvalue weighted by atomic mass is 10.0. The lowest BCUT2D eigenvalue weighted by molar-refractivity contribution is -0.157. The van der Waals surface area contributed by atoms with E-state index in [-0.39, 0.29) is 12.4 Å². The number of allylic oxidation sites excluding steroid dienone is 2. The second-order valence-electron chi connectivity index (χ2n) is 8.82. The van der Waals surface area contributed by atoms with Crippen LogP contribution in [-0.4, -0.2) is 22.8 Å². The molecule has 0 aliphatic rings. The van der Waals surface area contributed by atoms with E-state index >= 15 is 0 Å². The van der Waals surface area contributed by atoms with Gasteiger partial charge in [0.25, 0.3) is 0 Å². The van der Waals surface area contributed by atoms with Crippen molar-refractivity contribution in [2.45, 2.75) is 136 Å². The van der Waals surface area contributed by atoms with Gasteiger partial charge in [0.2, 0.25) is 0 Å². The number of carbonyl (C=O) groups excluding carboxylic acids is 1. The highest BCUT2D eigenvalue weighted by atomic mass is 16.6. The first-order chi connectivity index (χ1) is 12.8. The van der Waals surface area contributed by atoms with E-state index in [4.69, 9.17) is 4.74 Å². The van der Waals surface area contributed by atoms with Crippen LogP contribution in [0.25, 0.3) is 0 Å². The molecule has 0 heterocycles. The molecule has 1 N–H and O–H groups in total. The lowest BCUT2D eigenvalue weighted by Crippen LogP contribution is -2.26. The van der Waals surface area contributed by atoms with E-state index in [0.717, 1.165) is 12.8 Å². The minimum Gasteiger partial charge on any atom is -0.460 e. The zero-order chi connectivity index (χ0) is 20.4. The normalized spacial score (nSPS) is 13.2. The molecule has 0 saturated heterocycles. The second kappa shape index (κ2) is 17.3. The second-order valence-corrected chi connectivity index (χ2v) is 8.82. The van der Waals surface area contributed by atoms with Crippen molar-refractivity contribution in [3.63, 3.8) is 0 Å². The standard InChI is InChI=1S/C24H46O3/c1-5-6-7-8-9-10-11-12-13-14-15-16-17-18-19-20-22(25)21-23(26)27-24(2,3)4/h12-13,22,25H,5-11,14-21H2,1-4H3. The van der Waals surface area contributed by atoms with Crippen molar-refractivity contribution in [3.8, 4) is 0 Å². The molecule has 0 rings (SSSR count). The molecule has 0 aromatic rings. The van der Waals surface area contributed by atoms with Gasteiger partial charge in [0.05, 0.1) is 12.5 Å². The third-order valence-electron chi connectivity index (χ3n) is 4.62. The average Bonchev–Trinajstić information content (AvgIpc) is 2.56. The van der Waals surface area contributed by atoms with Crippen molar-refractivity contribution in [2.75, 3.05) is 0 Å². The summed E-state index contributed by atoms with van der Waals surface area (Å²) in [4.78, 5) is 11.6. The van der Waals surface area contributed by atoms with E-state index in [0.29, 0.717) is 6.42 Å². The Labute approximate surface area is 169 Å². The van der Waals surface area contributed by atoms with Gasteiger partial charge in [0, 0.05) is 0 Å². The Bertz CT molecular complexity index is 368. The average molecular weight is 383 g/mol. The molecule has 1 unspecified atom stereocenters. The SMILES string of the molecule is CCCCCCCCC=CCCCCCCCC(O)CC(=O)OC(C)(C)C. The number of unbranched alkanes of at least 4 members (excludes halogenated alkanes) is 11. The molecule has 0 aromatic heterocycles. The molecule has 3 heteroatoms. The van der Waals surface area contributed by atoms with Gasteiger partial charge in [0.1, 0.15) is 5.60 Å². The van der Waals surface area contributed by atoms with E-state index < -0.39 is 11.7 Å². The Kier molecular flexibility index (Phi) is 16.7. The van der Waals surface area contributed by atoms with Crippen molar-refractivity contribution in [1.82, 2.24) is 0 Å². The molecule has 3 nitrogen and oxygen atoms in total. The van der Waals surface area contributed by atoms with Crippen LogP contribution >= 0.6 is 0 Å². The van der Waals surface area contributed by atoms with Gasteiger partial charge in [-0.1, -0.05) is 76.9 Å². The highest BCUT2D eigenvalue weighted by Gasteiger charge is 2.18. The molecule has 0 amide bonds. The van der Waals surface area contributed by atoms with Crippen molar-refractivity contribution >= 4 is 5.97 Å². The van der Waals surface area contributed by atoms with Crippen LogP contribution in [0.15, 0.2) is 12.2 Å². The summed E-state index contributed by atoms with van der Waals surface area (Å²) >= 11 is 0. The van der Waals surface area contributed by atoms with Gasteiger partial charge >= 0.3 is 5.97 Å². The molecule has 0 aromatic carbocycles. The number of esters is 1. The Morgan fingerprint density at radius 2 is 1.33 bits per heavy atom. The molecule has 160 valence electrons. The van der Waals surface area contributed by atoms with Gasteiger partial charge < -0.3 is 9.84 Å². The van der Waals surface area contributed by atoms with Crippen molar-refractivity contribution in [3.05, 3.63) is 12.2 Å². The molecule has 0 fully saturated rings. The van der Waals surface area contributed by atoms with Crippen LogP contribution in [0.5, 0.6) is 0 Å². The number of hydrogen-bond acceptors (Lipinski definition) is 3. The first kappa shape index (κ1) is 26.2. The molecule has 0 aliphatic heterocycles. The minimum atomic E-state index is -0.565. The van der Waals surface area contributed by atoms with Gasteiger partial charge in [-0.3, -0.25) is 4.79 Å². The Morgan fingerprint density at radius 1 is 0.852 bits per heavy atom. The predicted molar refractivity (Wildman–Crippen MR) is 116 cm³/mol. The predicted octanol–water partition coefficient (Wildman–Crippen LogP) is 7.12. The van der Waals surface area contributed by atoms with Gasteiger partial charge in [-0.25, -0.2) is 0 Å². The first-order valence-electron chi connectivity index (χ1n) is 11.4. The number of ether oxygens (including phenoxy) is 1. The smallest absolute Gasteiger partial charge is 0.308 e. The van der Waals surface area contributed by atoms with Gasteiger partial charge in [-0.2, -0.15) is 0 Å². The van der Waals surface area contributed by atoms with Crippen LogP contribution < -0.4 is 0 Å². The lowest BCUT2D eigenvalue weighted by Gasteiger charge is -2.20. The van der Waals surface area contributed by atoms with E-state index in [9.17, 15) is 9.90 Å². The molecule has 0 spiro atoms. The van der Waals surface area contributed by atoms with Crippen LogP contribution in [0.4, 0.5) is 0 Å². The highest BCUT2D eigenvalue weighted by Crippen LogP contribution is 2.14. The van der Waals surface area contributed by atoms with E-state index in [1.165, 1.54) is 70.6 Å². The maximum atomic E-state index is 11.6. The molecule has 1 atom stereocenters. The largest absolute Gasteiger partial charge is 0.460 e. The molecular weight excluding hydrogens is 336 g/mol. The van der Waals surface area contributed by atoms with E-state index in [1.54, 1.807) is 0 Å². The third kappa shape index (κ3) is 21.3. The summed E-state index contributed by atoms with van der Waals surface area (Å²) < 4.78 is 5.23. The molecule has 27 heavy (non-hydrogen) atoms. The summed E-state index contributed by atoms with van der Waals surface area (Å²) in [5.74, 6) is -0.303. The Hall–Kier alpha value is -0.830.